The van der Waals surface area contributed by atoms with Gasteiger partial charge in [0.25, 0.3) is 5.91 Å². The number of anilines is 1. The van der Waals surface area contributed by atoms with E-state index in [9.17, 15) is 13.2 Å². The number of rotatable bonds is 6. The first-order valence-electron chi connectivity index (χ1n) is 8.44. The molecule has 0 saturated carbocycles. The first-order chi connectivity index (χ1) is 13.3. The average Bonchev–Trinajstić information content (AvgIpc) is 3.12. The van der Waals surface area contributed by atoms with Gasteiger partial charge in [0.1, 0.15) is 5.76 Å². The standard InChI is InChI=1S/C20H19ClN2O4S/c1-14-3-10-18(11-4-14)28(25,26)23(2)13-17-9-12-19(27-17)20(24)22-16-7-5-15(21)6-8-16/h3-12H,13H2,1-2H3,(H,22,24). The van der Waals surface area contributed by atoms with Crippen LogP contribution in [-0.4, -0.2) is 25.7 Å². The number of aryl methyl sites for hydroxylation is 1. The highest BCUT2D eigenvalue weighted by Crippen LogP contribution is 2.19. The second kappa shape index (κ2) is 8.18. The van der Waals surface area contributed by atoms with Crippen molar-refractivity contribution in [3.63, 3.8) is 0 Å². The smallest absolute Gasteiger partial charge is 0.291 e. The van der Waals surface area contributed by atoms with Gasteiger partial charge in [-0.15, -0.1) is 0 Å². The highest BCUT2D eigenvalue weighted by Gasteiger charge is 2.22. The Hall–Kier alpha value is -2.61. The Kier molecular flexibility index (Phi) is 5.88. The highest BCUT2D eigenvalue weighted by atomic mass is 35.5. The minimum atomic E-state index is -3.66. The SMILES string of the molecule is Cc1ccc(S(=O)(=O)N(C)Cc2ccc(C(=O)Nc3ccc(Cl)cc3)o2)cc1. The number of benzene rings is 2. The molecule has 1 aromatic heterocycles. The topological polar surface area (TPSA) is 79.6 Å². The third-order valence-corrected chi connectivity index (χ3v) is 6.16. The van der Waals surface area contributed by atoms with E-state index in [4.69, 9.17) is 16.0 Å². The van der Waals surface area contributed by atoms with Gasteiger partial charge in [-0.05, 0) is 55.5 Å². The number of nitrogens with one attached hydrogen (secondary N) is 1. The van der Waals surface area contributed by atoms with Crippen LogP contribution in [0.4, 0.5) is 5.69 Å². The van der Waals surface area contributed by atoms with Crippen molar-refractivity contribution >= 4 is 33.2 Å². The molecule has 2 aromatic carbocycles. The van der Waals surface area contributed by atoms with Crippen LogP contribution in [0.2, 0.25) is 5.02 Å². The summed E-state index contributed by atoms with van der Waals surface area (Å²) in [5.41, 5.74) is 1.55. The molecule has 0 aliphatic carbocycles. The molecule has 0 unspecified atom stereocenters. The van der Waals surface area contributed by atoms with Gasteiger partial charge in [0.15, 0.2) is 5.76 Å². The highest BCUT2D eigenvalue weighted by molar-refractivity contribution is 7.89. The van der Waals surface area contributed by atoms with Gasteiger partial charge in [0.05, 0.1) is 11.4 Å². The van der Waals surface area contributed by atoms with Crippen molar-refractivity contribution in [2.75, 3.05) is 12.4 Å². The third kappa shape index (κ3) is 4.62. The summed E-state index contributed by atoms with van der Waals surface area (Å²) in [4.78, 5) is 12.5. The molecule has 6 nitrogen and oxygen atoms in total. The summed E-state index contributed by atoms with van der Waals surface area (Å²) in [6.07, 6.45) is 0. The fourth-order valence-corrected chi connectivity index (χ4v) is 3.77. The second-order valence-corrected chi connectivity index (χ2v) is 8.78. The van der Waals surface area contributed by atoms with Crippen LogP contribution in [0.25, 0.3) is 0 Å². The molecule has 0 bridgehead atoms. The van der Waals surface area contributed by atoms with Crippen LogP contribution in [0, 0.1) is 6.92 Å². The number of amides is 1. The summed E-state index contributed by atoms with van der Waals surface area (Å²) in [6.45, 7) is 1.89. The van der Waals surface area contributed by atoms with E-state index in [1.54, 1.807) is 54.6 Å². The molecule has 1 N–H and O–H groups in total. The van der Waals surface area contributed by atoms with Crippen molar-refractivity contribution in [1.29, 1.82) is 0 Å². The number of carbonyl (C=O) groups is 1. The molecule has 0 atom stereocenters. The van der Waals surface area contributed by atoms with E-state index in [-0.39, 0.29) is 17.2 Å². The number of hydrogen-bond donors (Lipinski definition) is 1. The maximum Gasteiger partial charge on any atom is 0.291 e. The lowest BCUT2D eigenvalue weighted by Crippen LogP contribution is -2.26. The van der Waals surface area contributed by atoms with Gasteiger partial charge in [-0.2, -0.15) is 4.31 Å². The third-order valence-electron chi connectivity index (χ3n) is 4.10. The molecular formula is C20H19ClN2O4S. The number of hydrogen-bond acceptors (Lipinski definition) is 4. The Balaban J connectivity index is 1.68. The molecule has 0 radical (unpaired) electrons. The zero-order chi connectivity index (χ0) is 20.3. The molecule has 28 heavy (non-hydrogen) atoms. The molecule has 1 heterocycles. The Morgan fingerprint density at radius 3 is 2.32 bits per heavy atom. The van der Waals surface area contributed by atoms with E-state index in [0.717, 1.165) is 5.56 Å². The van der Waals surface area contributed by atoms with Crippen molar-refractivity contribution in [2.45, 2.75) is 18.4 Å². The maximum atomic E-state index is 12.7. The molecule has 1 amide bonds. The normalized spacial score (nSPS) is 11.6. The minimum absolute atomic E-state index is 0.00440. The predicted octanol–water partition coefficient (Wildman–Crippen LogP) is 4.31. The first-order valence-corrected chi connectivity index (χ1v) is 10.3. The van der Waals surface area contributed by atoms with Crippen LogP contribution in [0.5, 0.6) is 0 Å². The van der Waals surface area contributed by atoms with E-state index in [1.165, 1.54) is 17.4 Å². The maximum absolute atomic E-state index is 12.7. The van der Waals surface area contributed by atoms with E-state index in [2.05, 4.69) is 5.32 Å². The monoisotopic (exact) mass is 418 g/mol. The van der Waals surface area contributed by atoms with E-state index < -0.39 is 15.9 Å². The predicted molar refractivity (Wildman–Crippen MR) is 108 cm³/mol. The Morgan fingerprint density at radius 1 is 1.04 bits per heavy atom. The van der Waals surface area contributed by atoms with Crippen LogP contribution in [-0.2, 0) is 16.6 Å². The van der Waals surface area contributed by atoms with Crippen molar-refractivity contribution in [2.24, 2.45) is 0 Å². The number of halogens is 1. The van der Waals surface area contributed by atoms with Gasteiger partial charge in [0.2, 0.25) is 10.0 Å². The number of carbonyl (C=O) groups excluding carboxylic acids is 1. The Labute approximate surface area is 168 Å². The molecule has 0 fully saturated rings. The zero-order valence-electron chi connectivity index (χ0n) is 15.3. The van der Waals surface area contributed by atoms with Crippen LogP contribution in [0.3, 0.4) is 0 Å². The zero-order valence-corrected chi connectivity index (χ0v) is 16.9. The van der Waals surface area contributed by atoms with Crippen molar-refractivity contribution in [1.82, 2.24) is 4.31 Å². The van der Waals surface area contributed by atoms with Gasteiger partial charge in [-0.25, -0.2) is 8.42 Å². The molecule has 3 aromatic rings. The number of furan rings is 1. The first kappa shape index (κ1) is 20.1. The Bertz CT molecular complexity index is 1070. The van der Waals surface area contributed by atoms with Crippen molar-refractivity contribution in [3.8, 4) is 0 Å². The van der Waals surface area contributed by atoms with E-state index >= 15 is 0 Å². The van der Waals surface area contributed by atoms with Gasteiger partial charge in [-0.3, -0.25) is 4.79 Å². The summed E-state index contributed by atoms with van der Waals surface area (Å²) in [5, 5.41) is 3.26. The molecule has 0 aliphatic heterocycles. The fourth-order valence-electron chi connectivity index (χ4n) is 2.51. The van der Waals surface area contributed by atoms with Gasteiger partial charge in [0, 0.05) is 17.8 Å². The fraction of sp³-hybridized carbons (Fsp3) is 0.150. The molecule has 0 aliphatic rings. The number of nitrogens with zero attached hydrogens (tertiary/aromatic N) is 1. The second-order valence-electron chi connectivity index (χ2n) is 6.30. The quantitative estimate of drug-likeness (QED) is 0.646. The number of sulfonamides is 1. The lowest BCUT2D eigenvalue weighted by molar-refractivity contribution is 0.0994. The summed E-state index contributed by atoms with van der Waals surface area (Å²) in [7, 11) is -2.19. The minimum Gasteiger partial charge on any atom is -0.455 e. The van der Waals surface area contributed by atoms with Crippen molar-refractivity contribution in [3.05, 3.63) is 82.8 Å². The van der Waals surface area contributed by atoms with Crippen LogP contribution in [0.1, 0.15) is 21.9 Å². The van der Waals surface area contributed by atoms with E-state index in [0.29, 0.717) is 16.5 Å². The molecule has 3 rings (SSSR count). The lowest BCUT2D eigenvalue weighted by Gasteiger charge is -2.16. The molecule has 8 heteroatoms. The summed E-state index contributed by atoms with van der Waals surface area (Å²) < 4.78 is 32.0. The van der Waals surface area contributed by atoms with E-state index in [1.807, 2.05) is 6.92 Å². The summed E-state index contributed by atoms with van der Waals surface area (Å²) in [6, 6.07) is 16.4. The van der Waals surface area contributed by atoms with Gasteiger partial charge in [-0.1, -0.05) is 29.3 Å². The van der Waals surface area contributed by atoms with Crippen LogP contribution < -0.4 is 5.32 Å². The lowest BCUT2D eigenvalue weighted by atomic mass is 10.2. The molecular weight excluding hydrogens is 400 g/mol. The summed E-state index contributed by atoms with van der Waals surface area (Å²) >= 11 is 5.82. The van der Waals surface area contributed by atoms with Crippen LogP contribution in [0.15, 0.2) is 70.0 Å². The Morgan fingerprint density at radius 2 is 1.68 bits per heavy atom. The van der Waals surface area contributed by atoms with Gasteiger partial charge >= 0.3 is 0 Å². The molecule has 0 spiro atoms. The summed E-state index contributed by atoms with van der Waals surface area (Å²) in [5.74, 6) is 0.0168. The van der Waals surface area contributed by atoms with Gasteiger partial charge < -0.3 is 9.73 Å². The van der Waals surface area contributed by atoms with Crippen molar-refractivity contribution < 1.29 is 17.6 Å². The molecule has 146 valence electrons. The van der Waals surface area contributed by atoms with Crippen LogP contribution >= 0.6 is 11.6 Å². The average molecular weight is 419 g/mol. The largest absolute Gasteiger partial charge is 0.455 e. The molecule has 0 saturated heterocycles.